The number of methoxy groups -OCH3 is 1. The lowest BCUT2D eigenvalue weighted by Gasteiger charge is -2.09. The van der Waals surface area contributed by atoms with Gasteiger partial charge in [-0.25, -0.2) is 4.98 Å². The summed E-state index contributed by atoms with van der Waals surface area (Å²) in [6.45, 7) is 0.393. The van der Waals surface area contributed by atoms with E-state index in [0.29, 0.717) is 29.3 Å². The number of aromatic nitrogens is 4. The maximum Gasteiger partial charge on any atom is 0.207 e. The Labute approximate surface area is 149 Å². The van der Waals surface area contributed by atoms with Gasteiger partial charge in [-0.15, -0.1) is 5.10 Å². The Balaban J connectivity index is 1.51. The van der Waals surface area contributed by atoms with Crippen molar-refractivity contribution in [2.45, 2.75) is 6.61 Å². The Morgan fingerprint density at radius 3 is 2.65 bits per heavy atom. The number of fused-ring (bicyclic) bond motifs is 1. The smallest absolute Gasteiger partial charge is 0.207 e. The second-order valence-electron chi connectivity index (χ2n) is 5.76. The first-order valence-corrected chi connectivity index (χ1v) is 8.06. The van der Waals surface area contributed by atoms with Crippen LogP contribution >= 0.6 is 0 Å². The van der Waals surface area contributed by atoms with Crippen molar-refractivity contribution < 1.29 is 9.47 Å². The molecule has 0 unspecified atom stereocenters. The maximum absolute atomic E-state index is 5.86. The zero-order chi connectivity index (χ0) is 17.9. The fourth-order valence-corrected chi connectivity index (χ4v) is 2.69. The Morgan fingerprint density at radius 2 is 1.85 bits per heavy atom. The molecule has 4 aromatic rings. The van der Waals surface area contributed by atoms with Gasteiger partial charge in [-0.05, 0) is 28.8 Å². The first kappa shape index (κ1) is 15.9. The molecule has 0 radical (unpaired) electrons. The standard InChI is InChI=1S/C19H17N5O2/c1-25-15-4-2-3-14(9-15)13-7-5-12(6-8-13)11-26-16-10-17(20)21-19-18(16)22-24-23-19/h2-10H,11H2,1H3,(H3,20,21,22,23,24). The first-order valence-electron chi connectivity index (χ1n) is 8.06. The minimum absolute atomic E-state index is 0.342. The Morgan fingerprint density at radius 1 is 1.00 bits per heavy atom. The number of anilines is 1. The number of nitrogen functional groups attached to an aromatic ring is 1. The third-order valence-electron chi connectivity index (χ3n) is 4.03. The molecule has 0 fully saturated rings. The molecule has 0 saturated heterocycles. The van der Waals surface area contributed by atoms with Crippen molar-refractivity contribution in [1.29, 1.82) is 0 Å². The number of aromatic amines is 1. The number of hydrogen-bond donors (Lipinski definition) is 2. The molecule has 2 heterocycles. The number of H-pyrrole nitrogens is 1. The molecule has 4 rings (SSSR count). The van der Waals surface area contributed by atoms with E-state index in [9.17, 15) is 0 Å². The van der Waals surface area contributed by atoms with E-state index in [4.69, 9.17) is 15.2 Å². The molecule has 0 atom stereocenters. The highest BCUT2D eigenvalue weighted by molar-refractivity contribution is 5.78. The van der Waals surface area contributed by atoms with E-state index in [1.807, 2.05) is 30.3 Å². The SMILES string of the molecule is COc1cccc(-c2ccc(COc3cc(N)nc4n[nH]nc34)cc2)c1. The lowest BCUT2D eigenvalue weighted by atomic mass is 10.0. The van der Waals surface area contributed by atoms with Crippen LogP contribution in [0.1, 0.15) is 5.56 Å². The maximum atomic E-state index is 5.86. The molecule has 0 bridgehead atoms. The minimum atomic E-state index is 0.342. The molecule has 0 spiro atoms. The van der Waals surface area contributed by atoms with E-state index in [1.54, 1.807) is 13.2 Å². The number of benzene rings is 2. The average Bonchev–Trinajstić information content (AvgIpc) is 3.15. The van der Waals surface area contributed by atoms with Gasteiger partial charge >= 0.3 is 0 Å². The van der Waals surface area contributed by atoms with Crippen molar-refractivity contribution in [3.05, 3.63) is 60.2 Å². The minimum Gasteiger partial charge on any atom is -0.497 e. The molecule has 3 N–H and O–H groups in total. The van der Waals surface area contributed by atoms with Crippen LogP contribution in [0, 0.1) is 0 Å². The van der Waals surface area contributed by atoms with Crippen LogP contribution in [0.2, 0.25) is 0 Å². The molecule has 26 heavy (non-hydrogen) atoms. The van der Waals surface area contributed by atoms with Crippen LogP contribution in [0.5, 0.6) is 11.5 Å². The average molecular weight is 347 g/mol. The molecule has 7 heteroatoms. The monoisotopic (exact) mass is 347 g/mol. The molecular weight excluding hydrogens is 330 g/mol. The van der Waals surface area contributed by atoms with Gasteiger partial charge in [0.1, 0.15) is 18.2 Å². The van der Waals surface area contributed by atoms with E-state index in [2.05, 4.69) is 38.6 Å². The van der Waals surface area contributed by atoms with E-state index in [1.165, 1.54) is 0 Å². The quantitative estimate of drug-likeness (QED) is 0.575. The van der Waals surface area contributed by atoms with Crippen molar-refractivity contribution in [2.24, 2.45) is 0 Å². The fourth-order valence-electron chi connectivity index (χ4n) is 2.69. The zero-order valence-corrected chi connectivity index (χ0v) is 14.1. The van der Waals surface area contributed by atoms with E-state index >= 15 is 0 Å². The molecule has 0 aliphatic heterocycles. The number of rotatable bonds is 5. The summed E-state index contributed by atoms with van der Waals surface area (Å²) in [6, 6.07) is 17.8. The summed E-state index contributed by atoms with van der Waals surface area (Å²) in [5.74, 6) is 1.73. The number of nitrogens with one attached hydrogen (secondary N) is 1. The molecule has 0 aliphatic carbocycles. The van der Waals surface area contributed by atoms with Gasteiger partial charge in [-0.1, -0.05) is 36.4 Å². The summed E-state index contributed by atoms with van der Waals surface area (Å²) in [5.41, 5.74) is 10.0. The summed E-state index contributed by atoms with van der Waals surface area (Å²) in [7, 11) is 1.66. The van der Waals surface area contributed by atoms with Crippen molar-refractivity contribution in [3.8, 4) is 22.6 Å². The number of nitrogens with zero attached hydrogens (tertiary/aromatic N) is 3. The van der Waals surface area contributed by atoms with Crippen LogP contribution in [-0.2, 0) is 6.61 Å². The van der Waals surface area contributed by atoms with Gasteiger partial charge in [-0.3, -0.25) is 0 Å². The van der Waals surface area contributed by atoms with Crippen LogP contribution in [0.25, 0.3) is 22.3 Å². The van der Waals surface area contributed by atoms with E-state index < -0.39 is 0 Å². The fraction of sp³-hybridized carbons (Fsp3) is 0.105. The van der Waals surface area contributed by atoms with E-state index in [0.717, 1.165) is 22.4 Å². The normalized spacial score (nSPS) is 10.8. The third kappa shape index (κ3) is 3.14. The van der Waals surface area contributed by atoms with Gasteiger partial charge in [0, 0.05) is 6.07 Å². The zero-order valence-electron chi connectivity index (χ0n) is 14.1. The number of ether oxygens (including phenoxy) is 2. The molecule has 2 aromatic heterocycles. The third-order valence-corrected chi connectivity index (χ3v) is 4.03. The van der Waals surface area contributed by atoms with Crippen molar-refractivity contribution in [2.75, 3.05) is 12.8 Å². The molecular formula is C19H17N5O2. The van der Waals surface area contributed by atoms with Crippen LogP contribution in [0.4, 0.5) is 5.82 Å². The van der Waals surface area contributed by atoms with Gasteiger partial charge in [0.05, 0.1) is 7.11 Å². The van der Waals surface area contributed by atoms with Crippen LogP contribution in [0.3, 0.4) is 0 Å². The Bertz CT molecular complexity index is 1040. The lowest BCUT2D eigenvalue weighted by Crippen LogP contribution is -1.99. The van der Waals surface area contributed by atoms with Gasteiger partial charge < -0.3 is 15.2 Å². The topological polar surface area (TPSA) is 98.9 Å². The van der Waals surface area contributed by atoms with Gasteiger partial charge in [0.15, 0.2) is 11.3 Å². The highest BCUT2D eigenvalue weighted by atomic mass is 16.5. The van der Waals surface area contributed by atoms with Crippen molar-refractivity contribution in [1.82, 2.24) is 20.4 Å². The van der Waals surface area contributed by atoms with Crippen molar-refractivity contribution in [3.63, 3.8) is 0 Å². The van der Waals surface area contributed by atoms with Gasteiger partial charge in [0.25, 0.3) is 0 Å². The summed E-state index contributed by atoms with van der Waals surface area (Å²) < 4.78 is 11.1. The van der Waals surface area contributed by atoms with Crippen LogP contribution in [0.15, 0.2) is 54.6 Å². The van der Waals surface area contributed by atoms with Crippen molar-refractivity contribution >= 4 is 17.0 Å². The van der Waals surface area contributed by atoms with Crippen LogP contribution < -0.4 is 15.2 Å². The lowest BCUT2D eigenvalue weighted by molar-refractivity contribution is 0.309. The molecule has 7 nitrogen and oxygen atoms in total. The summed E-state index contributed by atoms with van der Waals surface area (Å²) in [6.07, 6.45) is 0. The number of nitrogens with two attached hydrogens (primary N) is 1. The Kier molecular flexibility index (Phi) is 4.10. The highest BCUT2D eigenvalue weighted by Gasteiger charge is 2.10. The predicted molar refractivity (Wildman–Crippen MR) is 98.9 cm³/mol. The van der Waals surface area contributed by atoms with Gasteiger partial charge in [0.2, 0.25) is 5.65 Å². The largest absolute Gasteiger partial charge is 0.497 e. The van der Waals surface area contributed by atoms with Crippen LogP contribution in [-0.4, -0.2) is 27.5 Å². The first-order chi connectivity index (χ1) is 12.7. The second kappa shape index (κ2) is 6.72. The number of hydrogen-bond acceptors (Lipinski definition) is 6. The number of pyridine rings is 1. The molecule has 0 aliphatic rings. The Hall–Kier alpha value is -3.61. The molecule has 2 aromatic carbocycles. The summed E-state index contributed by atoms with van der Waals surface area (Å²) in [4.78, 5) is 4.09. The summed E-state index contributed by atoms with van der Waals surface area (Å²) >= 11 is 0. The molecule has 0 saturated carbocycles. The highest BCUT2D eigenvalue weighted by Crippen LogP contribution is 2.26. The van der Waals surface area contributed by atoms with E-state index in [-0.39, 0.29) is 0 Å². The predicted octanol–water partition coefficient (Wildman–Crippen LogP) is 3.19. The van der Waals surface area contributed by atoms with Gasteiger partial charge in [-0.2, -0.15) is 10.3 Å². The summed E-state index contributed by atoms with van der Waals surface area (Å²) in [5, 5.41) is 10.5. The second-order valence-corrected chi connectivity index (χ2v) is 5.76. The molecule has 0 amide bonds. The molecule has 130 valence electrons.